The maximum atomic E-state index is 11.8. The lowest BCUT2D eigenvalue weighted by molar-refractivity contribution is -0.121. The van der Waals surface area contributed by atoms with Gasteiger partial charge in [-0.1, -0.05) is 30.3 Å². The minimum atomic E-state index is 0. The van der Waals surface area contributed by atoms with Crippen LogP contribution in [0.5, 0.6) is 0 Å². The van der Waals surface area contributed by atoms with E-state index in [1.807, 2.05) is 17.8 Å². The Balaban J connectivity index is 0.00000288. The number of halogens is 1. The number of benzene rings is 1. The van der Waals surface area contributed by atoms with Gasteiger partial charge < -0.3 is 15.4 Å². The number of thioether (sulfide) groups is 1. The minimum absolute atomic E-state index is 0. The fourth-order valence-corrected chi connectivity index (χ4v) is 3.49. The van der Waals surface area contributed by atoms with Crippen LogP contribution in [0.1, 0.15) is 24.8 Å². The van der Waals surface area contributed by atoms with Crippen molar-refractivity contribution in [1.82, 2.24) is 10.6 Å². The Labute approximate surface area is 155 Å². The summed E-state index contributed by atoms with van der Waals surface area (Å²) in [5, 5.41) is 6.39. The molecule has 0 radical (unpaired) electrons. The number of rotatable bonds is 10. The molecule has 2 N–H and O–H groups in total. The first-order valence-corrected chi connectivity index (χ1v) is 9.69. The van der Waals surface area contributed by atoms with Gasteiger partial charge in [0, 0.05) is 43.7 Å². The summed E-state index contributed by atoms with van der Waals surface area (Å²) in [4.78, 5) is 11.8. The molecule has 0 aromatic heterocycles. The van der Waals surface area contributed by atoms with Gasteiger partial charge >= 0.3 is 0 Å². The lowest BCUT2D eigenvalue weighted by Gasteiger charge is -2.22. The summed E-state index contributed by atoms with van der Waals surface area (Å²) in [6.07, 6.45) is 3.53. The summed E-state index contributed by atoms with van der Waals surface area (Å²) < 4.78 is 5.64. The predicted octanol–water partition coefficient (Wildman–Crippen LogP) is 2.66. The van der Waals surface area contributed by atoms with E-state index in [1.54, 1.807) is 0 Å². The highest BCUT2D eigenvalue weighted by Gasteiger charge is 2.16. The molecule has 1 aliphatic heterocycles. The van der Waals surface area contributed by atoms with Crippen molar-refractivity contribution < 1.29 is 9.53 Å². The van der Waals surface area contributed by atoms with E-state index in [4.69, 9.17) is 4.74 Å². The molecule has 2 rings (SSSR count). The molecule has 24 heavy (non-hydrogen) atoms. The van der Waals surface area contributed by atoms with Gasteiger partial charge in [0.2, 0.25) is 5.91 Å². The quantitative estimate of drug-likeness (QED) is 0.620. The van der Waals surface area contributed by atoms with E-state index in [-0.39, 0.29) is 18.3 Å². The van der Waals surface area contributed by atoms with Crippen LogP contribution in [0, 0.1) is 0 Å². The highest BCUT2D eigenvalue weighted by atomic mass is 35.5. The molecule has 1 heterocycles. The molecule has 0 bridgehead atoms. The molecule has 0 saturated carbocycles. The summed E-state index contributed by atoms with van der Waals surface area (Å²) in [6.45, 7) is 3.30. The molecule has 1 amide bonds. The average Bonchev–Trinajstić information content (AvgIpc) is 2.59. The van der Waals surface area contributed by atoms with Crippen molar-refractivity contribution >= 4 is 30.1 Å². The molecule has 1 saturated heterocycles. The molecule has 1 aromatic rings. The number of unbranched alkanes of at least 4 members (excludes halogenated alkanes) is 1. The highest BCUT2D eigenvalue weighted by molar-refractivity contribution is 7.99. The van der Waals surface area contributed by atoms with Gasteiger partial charge in [-0.3, -0.25) is 4.79 Å². The van der Waals surface area contributed by atoms with Crippen LogP contribution >= 0.6 is 24.2 Å². The maximum absolute atomic E-state index is 11.8. The molecule has 1 aromatic carbocycles. The Bertz CT molecular complexity index is 442. The fraction of sp³-hybridized carbons (Fsp3) is 0.611. The van der Waals surface area contributed by atoms with E-state index in [1.165, 1.54) is 5.56 Å². The molecule has 1 fully saturated rings. The molecule has 1 atom stereocenters. The van der Waals surface area contributed by atoms with Crippen molar-refractivity contribution in [3.8, 4) is 0 Å². The Morgan fingerprint density at radius 2 is 2.08 bits per heavy atom. The van der Waals surface area contributed by atoms with Gasteiger partial charge in [0.05, 0.1) is 6.61 Å². The Kier molecular flexibility index (Phi) is 12.0. The molecular weight excluding hydrogens is 344 g/mol. The van der Waals surface area contributed by atoms with E-state index >= 15 is 0 Å². The molecule has 4 nitrogen and oxygen atoms in total. The summed E-state index contributed by atoms with van der Waals surface area (Å²) in [5.74, 6) is 2.36. The van der Waals surface area contributed by atoms with E-state index < -0.39 is 0 Å². The molecule has 1 unspecified atom stereocenters. The number of amides is 1. The van der Waals surface area contributed by atoms with Crippen LogP contribution in [0.4, 0.5) is 0 Å². The molecular formula is C18H29ClN2O2S. The van der Waals surface area contributed by atoms with Crippen LogP contribution in [-0.4, -0.2) is 49.8 Å². The van der Waals surface area contributed by atoms with Crippen LogP contribution in [0.15, 0.2) is 30.3 Å². The van der Waals surface area contributed by atoms with E-state index in [0.717, 1.165) is 57.1 Å². The topological polar surface area (TPSA) is 50.4 Å². The van der Waals surface area contributed by atoms with Gasteiger partial charge in [0.25, 0.3) is 0 Å². The van der Waals surface area contributed by atoms with Gasteiger partial charge in [-0.25, -0.2) is 0 Å². The van der Waals surface area contributed by atoms with Gasteiger partial charge in [-0.05, 0) is 24.8 Å². The first-order chi connectivity index (χ1) is 11.3. The van der Waals surface area contributed by atoms with Crippen LogP contribution in [0.3, 0.4) is 0 Å². The van der Waals surface area contributed by atoms with Crippen LogP contribution in [-0.2, 0) is 16.0 Å². The zero-order valence-corrected chi connectivity index (χ0v) is 15.8. The van der Waals surface area contributed by atoms with Crippen molar-refractivity contribution in [2.75, 3.05) is 37.8 Å². The van der Waals surface area contributed by atoms with Gasteiger partial charge in [0.1, 0.15) is 0 Å². The normalized spacial score (nSPS) is 17.1. The Hall–Kier alpha value is -0.750. The van der Waals surface area contributed by atoms with Crippen LogP contribution < -0.4 is 10.6 Å². The van der Waals surface area contributed by atoms with Crippen molar-refractivity contribution in [1.29, 1.82) is 0 Å². The average molecular weight is 373 g/mol. The second-order valence-corrected chi connectivity index (χ2v) is 6.98. The number of hydrogen-bond acceptors (Lipinski definition) is 4. The standard InChI is InChI=1S/C18H28N2O2S.ClH/c21-18(14-17-15-23-13-10-19-17)20-9-4-5-11-22-12-8-16-6-2-1-3-7-16;/h1-3,6-7,17,19H,4-5,8-15H2,(H,20,21);1H. The minimum Gasteiger partial charge on any atom is -0.381 e. The molecule has 0 spiro atoms. The summed E-state index contributed by atoms with van der Waals surface area (Å²) >= 11 is 1.92. The summed E-state index contributed by atoms with van der Waals surface area (Å²) in [6, 6.07) is 10.7. The van der Waals surface area contributed by atoms with Gasteiger partial charge in [-0.15, -0.1) is 12.4 Å². The van der Waals surface area contributed by atoms with Crippen molar-refractivity contribution in [2.45, 2.75) is 31.7 Å². The number of ether oxygens (including phenoxy) is 1. The zero-order chi connectivity index (χ0) is 16.2. The van der Waals surface area contributed by atoms with E-state index in [0.29, 0.717) is 12.5 Å². The third kappa shape index (κ3) is 9.52. The number of nitrogens with one attached hydrogen (secondary N) is 2. The second-order valence-electron chi connectivity index (χ2n) is 5.84. The third-order valence-corrected chi connectivity index (χ3v) is 4.98. The van der Waals surface area contributed by atoms with Gasteiger partial charge in [-0.2, -0.15) is 11.8 Å². The molecule has 136 valence electrons. The number of carbonyl (C=O) groups is 1. The fourth-order valence-electron chi connectivity index (χ4n) is 2.54. The van der Waals surface area contributed by atoms with E-state index in [2.05, 4.69) is 34.9 Å². The van der Waals surface area contributed by atoms with Gasteiger partial charge in [0.15, 0.2) is 0 Å². The third-order valence-electron chi connectivity index (χ3n) is 3.85. The predicted molar refractivity (Wildman–Crippen MR) is 104 cm³/mol. The maximum Gasteiger partial charge on any atom is 0.221 e. The van der Waals surface area contributed by atoms with E-state index in [9.17, 15) is 4.79 Å². The second kappa shape index (κ2) is 13.5. The number of carbonyl (C=O) groups excluding carboxylic acids is 1. The summed E-state index contributed by atoms with van der Waals surface area (Å²) in [5.41, 5.74) is 1.31. The summed E-state index contributed by atoms with van der Waals surface area (Å²) in [7, 11) is 0. The first-order valence-electron chi connectivity index (χ1n) is 8.54. The lowest BCUT2D eigenvalue weighted by atomic mass is 10.2. The van der Waals surface area contributed by atoms with Crippen molar-refractivity contribution in [3.05, 3.63) is 35.9 Å². The number of hydrogen-bond donors (Lipinski definition) is 2. The Morgan fingerprint density at radius 3 is 2.83 bits per heavy atom. The molecule has 1 aliphatic rings. The Morgan fingerprint density at radius 1 is 1.25 bits per heavy atom. The van der Waals surface area contributed by atoms with Crippen LogP contribution in [0.25, 0.3) is 0 Å². The van der Waals surface area contributed by atoms with Crippen LogP contribution in [0.2, 0.25) is 0 Å². The first kappa shape index (κ1) is 21.3. The highest BCUT2D eigenvalue weighted by Crippen LogP contribution is 2.09. The smallest absolute Gasteiger partial charge is 0.221 e. The lowest BCUT2D eigenvalue weighted by Crippen LogP contribution is -2.41. The van der Waals surface area contributed by atoms with Crippen molar-refractivity contribution in [3.63, 3.8) is 0 Å². The molecule has 6 heteroatoms. The zero-order valence-electron chi connectivity index (χ0n) is 14.2. The SMILES string of the molecule is Cl.O=C(CC1CSCCN1)NCCCCOCCc1ccccc1. The monoisotopic (exact) mass is 372 g/mol. The van der Waals surface area contributed by atoms with Crippen molar-refractivity contribution in [2.24, 2.45) is 0 Å². The largest absolute Gasteiger partial charge is 0.381 e. The molecule has 0 aliphatic carbocycles.